The van der Waals surface area contributed by atoms with Crippen LogP contribution in [0.25, 0.3) is 0 Å². The molecule has 0 saturated heterocycles. The van der Waals surface area contributed by atoms with Gasteiger partial charge >= 0.3 is 0 Å². The number of nitrogens with one attached hydrogen (secondary N) is 1. The van der Waals surface area contributed by atoms with Crippen LogP contribution in [0.15, 0.2) is 33.5 Å². The number of hydrogen-bond acceptors (Lipinski definition) is 4. The number of aromatic nitrogens is 2. The number of amides is 1. The number of carbonyl (C=O) groups is 1. The van der Waals surface area contributed by atoms with Crippen LogP contribution in [0.5, 0.6) is 0 Å². The summed E-state index contributed by atoms with van der Waals surface area (Å²) in [6.07, 6.45) is 1.82. The minimum absolute atomic E-state index is 0.197. The molecule has 94 valence electrons. The molecule has 0 saturated carbocycles. The Kier molecular flexibility index (Phi) is 4.33. The van der Waals surface area contributed by atoms with E-state index < -0.39 is 0 Å². The van der Waals surface area contributed by atoms with E-state index in [1.807, 2.05) is 0 Å². The fourth-order valence-electron chi connectivity index (χ4n) is 1.38. The number of benzene rings is 1. The first-order valence-corrected chi connectivity index (χ1v) is 6.32. The molecular formula is C11H9BrClN3O2. The van der Waals surface area contributed by atoms with Gasteiger partial charge in [0, 0.05) is 28.0 Å². The summed E-state index contributed by atoms with van der Waals surface area (Å²) in [6, 6.07) is 5.03. The Morgan fingerprint density at radius 2 is 2.28 bits per heavy atom. The summed E-state index contributed by atoms with van der Waals surface area (Å²) in [7, 11) is 0. The predicted octanol–water partition coefficient (Wildman–Crippen LogP) is 2.46. The van der Waals surface area contributed by atoms with Gasteiger partial charge in [0.1, 0.15) is 0 Å². The van der Waals surface area contributed by atoms with E-state index in [0.717, 1.165) is 4.47 Å². The summed E-state index contributed by atoms with van der Waals surface area (Å²) < 4.78 is 5.58. The van der Waals surface area contributed by atoms with Crippen molar-refractivity contribution >= 4 is 33.4 Å². The monoisotopic (exact) mass is 329 g/mol. The van der Waals surface area contributed by atoms with E-state index in [-0.39, 0.29) is 5.91 Å². The third-order valence-corrected chi connectivity index (χ3v) is 2.83. The first-order valence-electron chi connectivity index (χ1n) is 5.15. The molecule has 0 fully saturated rings. The molecule has 0 atom stereocenters. The van der Waals surface area contributed by atoms with Crippen LogP contribution in [0.1, 0.15) is 16.2 Å². The quantitative estimate of drug-likeness (QED) is 0.935. The number of nitrogens with zero attached hydrogens (tertiary/aromatic N) is 2. The highest BCUT2D eigenvalue weighted by molar-refractivity contribution is 9.10. The first-order chi connectivity index (χ1) is 8.65. The Morgan fingerprint density at radius 3 is 2.94 bits per heavy atom. The molecule has 0 spiro atoms. The summed E-state index contributed by atoms with van der Waals surface area (Å²) in [4.78, 5) is 15.7. The lowest BCUT2D eigenvalue weighted by atomic mass is 10.2. The van der Waals surface area contributed by atoms with Gasteiger partial charge in [0.15, 0.2) is 6.33 Å². The molecule has 0 aliphatic heterocycles. The standard InChI is InChI=1S/C11H9BrClN3O2/c12-8-3-7(4-9(13)5-8)11(17)14-2-1-10-15-6-16-18-10/h3-6H,1-2H2,(H,14,17). The van der Waals surface area contributed by atoms with E-state index in [9.17, 15) is 4.79 Å². The van der Waals surface area contributed by atoms with E-state index in [0.29, 0.717) is 29.4 Å². The molecule has 1 heterocycles. The van der Waals surface area contributed by atoms with Gasteiger partial charge in [-0.3, -0.25) is 4.79 Å². The number of halogens is 2. The molecule has 7 heteroatoms. The summed E-state index contributed by atoms with van der Waals surface area (Å²) >= 11 is 9.15. The van der Waals surface area contributed by atoms with Crippen molar-refractivity contribution < 1.29 is 9.32 Å². The Hall–Kier alpha value is -1.40. The van der Waals surface area contributed by atoms with Gasteiger partial charge in [0.2, 0.25) is 5.89 Å². The van der Waals surface area contributed by atoms with E-state index in [2.05, 4.69) is 31.4 Å². The molecule has 0 bridgehead atoms. The molecule has 1 amide bonds. The molecule has 2 rings (SSSR count). The van der Waals surface area contributed by atoms with Crippen LogP contribution in [0, 0.1) is 0 Å². The van der Waals surface area contributed by atoms with Crippen molar-refractivity contribution in [3.8, 4) is 0 Å². The Morgan fingerprint density at radius 1 is 1.44 bits per heavy atom. The van der Waals surface area contributed by atoms with Gasteiger partial charge < -0.3 is 9.84 Å². The molecule has 1 aromatic heterocycles. The minimum Gasteiger partial charge on any atom is -0.352 e. The van der Waals surface area contributed by atoms with Crippen LogP contribution in [-0.4, -0.2) is 22.6 Å². The van der Waals surface area contributed by atoms with Crippen molar-refractivity contribution in [1.82, 2.24) is 15.5 Å². The summed E-state index contributed by atoms with van der Waals surface area (Å²) in [5.74, 6) is 0.292. The number of rotatable bonds is 4. The van der Waals surface area contributed by atoms with E-state index in [1.54, 1.807) is 18.2 Å². The van der Waals surface area contributed by atoms with Gasteiger partial charge in [0.05, 0.1) is 0 Å². The molecule has 5 nitrogen and oxygen atoms in total. The summed E-state index contributed by atoms with van der Waals surface area (Å²) in [6.45, 7) is 0.422. The highest BCUT2D eigenvalue weighted by Crippen LogP contribution is 2.19. The maximum Gasteiger partial charge on any atom is 0.251 e. The number of carbonyl (C=O) groups excluding carboxylic acids is 1. The molecule has 0 radical (unpaired) electrons. The second kappa shape index (κ2) is 5.97. The highest BCUT2D eigenvalue weighted by atomic mass is 79.9. The zero-order valence-corrected chi connectivity index (χ0v) is 11.5. The van der Waals surface area contributed by atoms with Crippen molar-refractivity contribution in [2.24, 2.45) is 0 Å². The molecule has 0 unspecified atom stereocenters. The van der Waals surface area contributed by atoms with Crippen LogP contribution in [0.2, 0.25) is 5.02 Å². The van der Waals surface area contributed by atoms with E-state index in [4.69, 9.17) is 16.1 Å². The summed E-state index contributed by atoms with van der Waals surface area (Å²) in [5.41, 5.74) is 0.500. The van der Waals surface area contributed by atoms with Crippen molar-refractivity contribution in [1.29, 1.82) is 0 Å². The molecule has 1 N–H and O–H groups in total. The maximum atomic E-state index is 11.8. The van der Waals surface area contributed by atoms with Gasteiger partial charge in [-0.1, -0.05) is 32.7 Å². The maximum absolute atomic E-state index is 11.8. The van der Waals surface area contributed by atoms with E-state index in [1.165, 1.54) is 6.33 Å². The van der Waals surface area contributed by atoms with Crippen molar-refractivity contribution in [2.45, 2.75) is 6.42 Å². The molecule has 1 aromatic carbocycles. The second-order valence-electron chi connectivity index (χ2n) is 3.50. The van der Waals surface area contributed by atoms with Crippen LogP contribution < -0.4 is 5.32 Å². The molecule has 2 aromatic rings. The van der Waals surface area contributed by atoms with Crippen LogP contribution in [-0.2, 0) is 6.42 Å². The third-order valence-electron chi connectivity index (χ3n) is 2.16. The van der Waals surface area contributed by atoms with Gasteiger partial charge in [-0.25, -0.2) is 0 Å². The Labute approximate surface area is 117 Å². The minimum atomic E-state index is -0.197. The zero-order valence-electron chi connectivity index (χ0n) is 9.19. The van der Waals surface area contributed by atoms with E-state index >= 15 is 0 Å². The average Bonchev–Trinajstić information content (AvgIpc) is 2.80. The molecular weight excluding hydrogens is 321 g/mol. The largest absolute Gasteiger partial charge is 0.352 e. The number of hydrogen-bond donors (Lipinski definition) is 1. The van der Waals surface area contributed by atoms with Crippen molar-refractivity contribution in [3.63, 3.8) is 0 Å². The lowest BCUT2D eigenvalue weighted by Crippen LogP contribution is -2.25. The van der Waals surface area contributed by atoms with Crippen LogP contribution >= 0.6 is 27.5 Å². The lowest BCUT2D eigenvalue weighted by molar-refractivity contribution is 0.0953. The predicted molar refractivity (Wildman–Crippen MR) is 69.5 cm³/mol. The molecule has 18 heavy (non-hydrogen) atoms. The lowest BCUT2D eigenvalue weighted by Gasteiger charge is -2.04. The molecule has 0 aliphatic carbocycles. The third kappa shape index (κ3) is 3.54. The smallest absolute Gasteiger partial charge is 0.251 e. The Bertz CT molecular complexity index is 525. The average molecular weight is 331 g/mol. The highest BCUT2D eigenvalue weighted by Gasteiger charge is 2.08. The van der Waals surface area contributed by atoms with Crippen LogP contribution in [0.3, 0.4) is 0 Å². The van der Waals surface area contributed by atoms with Crippen molar-refractivity contribution in [3.05, 3.63) is 45.5 Å². The Balaban J connectivity index is 1.91. The summed E-state index contributed by atoms with van der Waals surface area (Å²) in [5, 5.41) is 6.73. The zero-order chi connectivity index (χ0) is 13.0. The first kappa shape index (κ1) is 13.0. The SMILES string of the molecule is O=C(NCCc1ncno1)c1cc(Cl)cc(Br)c1. The van der Waals surface area contributed by atoms with Gasteiger partial charge in [-0.05, 0) is 18.2 Å². The fourth-order valence-corrected chi connectivity index (χ4v) is 2.24. The van der Waals surface area contributed by atoms with Gasteiger partial charge in [-0.2, -0.15) is 4.98 Å². The van der Waals surface area contributed by atoms with Gasteiger partial charge in [-0.15, -0.1) is 0 Å². The van der Waals surface area contributed by atoms with Gasteiger partial charge in [0.25, 0.3) is 5.91 Å². The normalized spacial score (nSPS) is 10.3. The van der Waals surface area contributed by atoms with Crippen molar-refractivity contribution in [2.75, 3.05) is 6.54 Å². The topological polar surface area (TPSA) is 68.0 Å². The fraction of sp³-hybridized carbons (Fsp3) is 0.182. The molecule has 0 aliphatic rings. The van der Waals surface area contributed by atoms with Crippen LogP contribution in [0.4, 0.5) is 0 Å². The second-order valence-corrected chi connectivity index (χ2v) is 4.85.